The van der Waals surface area contributed by atoms with Crippen molar-refractivity contribution in [3.63, 3.8) is 0 Å². The first-order chi connectivity index (χ1) is 17.2. The molecule has 1 aliphatic heterocycles. The zero-order chi connectivity index (χ0) is 26.1. The molecule has 0 amide bonds. The van der Waals surface area contributed by atoms with Gasteiger partial charge in [0.05, 0.1) is 56.1 Å². The predicted octanol–water partition coefficient (Wildman–Crippen LogP) is 5.10. The van der Waals surface area contributed by atoms with Crippen molar-refractivity contribution < 1.29 is 19.0 Å². The van der Waals surface area contributed by atoms with E-state index in [1.165, 1.54) is 11.3 Å². The number of thiazole rings is 1. The summed E-state index contributed by atoms with van der Waals surface area (Å²) in [5.74, 6) is 0.793. The number of hydrogen-bond acceptors (Lipinski definition) is 7. The lowest BCUT2D eigenvalue weighted by molar-refractivity contribution is -0.139. The van der Waals surface area contributed by atoms with Crippen LogP contribution in [0.2, 0.25) is 0 Å². The third-order valence-electron chi connectivity index (χ3n) is 5.53. The van der Waals surface area contributed by atoms with Crippen LogP contribution in [0, 0.1) is 0 Å². The van der Waals surface area contributed by atoms with Gasteiger partial charge in [0.2, 0.25) is 0 Å². The highest BCUT2D eigenvalue weighted by atomic mass is 79.9. The highest BCUT2D eigenvalue weighted by Gasteiger charge is 2.33. The first-order valence-corrected chi connectivity index (χ1v) is 14.0. The number of fused-ring (bicyclic) bond motifs is 1. The summed E-state index contributed by atoms with van der Waals surface area (Å²) in [7, 11) is 3.16. The van der Waals surface area contributed by atoms with Gasteiger partial charge >= 0.3 is 5.97 Å². The Morgan fingerprint density at radius 1 is 1.11 bits per heavy atom. The van der Waals surface area contributed by atoms with Crippen molar-refractivity contribution in [3.8, 4) is 11.5 Å². The summed E-state index contributed by atoms with van der Waals surface area (Å²) >= 11 is 11.8. The molecule has 0 bridgehead atoms. The number of carbonyl (C=O) groups excluding carboxylic acids is 1. The third-order valence-corrected chi connectivity index (χ3v) is 8.31. The maximum atomic E-state index is 13.8. The van der Waals surface area contributed by atoms with Gasteiger partial charge in [-0.1, -0.05) is 17.4 Å². The molecule has 7 nitrogen and oxygen atoms in total. The van der Waals surface area contributed by atoms with Crippen molar-refractivity contribution >= 4 is 71.2 Å². The van der Waals surface area contributed by atoms with Gasteiger partial charge in [-0.15, -0.1) is 0 Å². The van der Waals surface area contributed by atoms with Crippen molar-refractivity contribution in [1.29, 1.82) is 0 Å². The third kappa shape index (κ3) is 4.98. The van der Waals surface area contributed by atoms with Crippen LogP contribution in [0.5, 0.6) is 11.5 Å². The minimum absolute atomic E-state index is 0.209. The summed E-state index contributed by atoms with van der Waals surface area (Å²) in [6.45, 7) is 3.71. The van der Waals surface area contributed by atoms with E-state index >= 15 is 0 Å². The summed E-state index contributed by atoms with van der Waals surface area (Å²) in [5.41, 5.74) is 2.09. The fraction of sp³-hybridized carbons (Fsp3) is 0.240. The lowest BCUT2D eigenvalue weighted by Crippen LogP contribution is -2.40. The number of allylic oxidation sites excluding steroid dienone is 1. The Balaban J connectivity index is 1.96. The van der Waals surface area contributed by atoms with Gasteiger partial charge in [0.25, 0.3) is 5.56 Å². The van der Waals surface area contributed by atoms with Crippen molar-refractivity contribution in [3.05, 3.63) is 85.8 Å². The highest BCUT2D eigenvalue weighted by molar-refractivity contribution is 9.11. The number of esters is 1. The van der Waals surface area contributed by atoms with Crippen LogP contribution in [0.25, 0.3) is 6.08 Å². The number of carbonyl (C=O) groups is 1. The van der Waals surface area contributed by atoms with Crippen LogP contribution >= 0.6 is 59.1 Å². The van der Waals surface area contributed by atoms with E-state index in [0.29, 0.717) is 36.6 Å². The standard InChI is InChI=1S/C25H21Br3N2O5S/c1-5-35-24(32)20-12(2)29-25-30(21(20)14-6-7-18(33-3)15(26)11-14)23(31)19(36-25)10-13-8-16(27)22(34-4)17(28)9-13/h6-11,21H,5H2,1-4H3/b19-10+/t21-/m0/s1. The maximum Gasteiger partial charge on any atom is 0.338 e. The summed E-state index contributed by atoms with van der Waals surface area (Å²) in [5, 5.41) is 0. The molecule has 0 radical (unpaired) electrons. The molecule has 1 aliphatic rings. The molecule has 2 heterocycles. The molecule has 0 unspecified atom stereocenters. The van der Waals surface area contributed by atoms with Gasteiger partial charge < -0.3 is 14.2 Å². The predicted molar refractivity (Wildman–Crippen MR) is 149 cm³/mol. The van der Waals surface area contributed by atoms with E-state index in [1.807, 2.05) is 24.3 Å². The SMILES string of the molecule is CCOC(=O)C1=C(C)N=c2s/c(=C/c3cc(Br)c(OC)c(Br)c3)c(=O)n2[C@H]1c1ccc(OC)c(Br)c1. The zero-order valence-corrected chi connectivity index (χ0v) is 25.3. The van der Waals surface area contributed by atoms with E-state index in [1.54, 1.807) is 44.8 Å². The molecule has 2 aromatic carbocycles. The Morgan fingerprint density at radius 3 is 2.39 bits per heavy atom. The summed E-state index contributed by atoms with van der Waals surface area (Å²) in [6, 6.07) is 8.50. The van der Waals surface area contributed by atoms with E-state index in [-0.39, 0.29) is 12.2 Å². The first-order valence-electron chi connectivity index (χ1n) is 10.8. The Labute approximate surface area is 236 Å². The fourth-order valence-corrected chi connectivity index (χ4v) is 7.12. The topological polar surface area (TPSA) is 79.1 Å². The number of halogens is 3. The van der Waals surface area contributed by atoms with Gasteiger partial charge in [-0.25, -0.2) is 9.79 Å². The first kappa shape index (κ1) is 26.8. The summed E-state index contributed by atoms with van der Waals surface area (Å²) in [6.07, 6.45) is 1.79. The molecule has 36 heavy (non-hydrogen) atoms. The highest BCUT2D eigenvalue weighted by Crippen LogP contribution is 2.36. The molecular weight excluding hydrogens is 680 g/mol. The van der Waals surface area contributed by atoms with Gasteiger partial charge in [-0.3, -0.25) is 9.36 Å². The minimum Gasteiger partial charge on any atom is -0.496 e. The maximum absolute atomic E-state index is 13.8. The number of rotatable bonds is 6. The lowest BCUT2D eigenvalue weighted by atomic mass is 9.96. The van der Waals surface area contributed by atoms with Crippen LogP contribution in [-0.2, 0) is 9.53 Å². The van der Waals surface area contributed by atoms with Gasteiger partial charge in [0, 0.05) is 0 Å². The monoisotopic (exact) mass is 698 g/mol. The molecule has 0 spiro atoms. The van der Waals surface area contributed by atoms with Crippen molar-refractivity contribution in [2.75, 3.05) is 20.8 Å². The van der Waals surface area contributed by atoms with Crippen molar-refractivity contribution in [1.82, 2.24) is 4.57 Å². The van der Waals surface area contributed by atoms with Crippen LogP contribution in [0.1, 0.15) is 31.0 Å². The van der Waals surface area contributed by atoms with E-state index in [9.17, 15) is 9.59 Å². The number of benzene rings is 2. The number of methoxy groups -OCH3 is 2. The van der Waals surface area contributed by atoms with E-state index in [0.717, 1.165) is 20.1 Å². The summed E-state index contributed by atoms with van der Waals surface area (Å²) in [4.78, 5) is 31.9. The molecule has 0 N–H and O–H groups in total. The normalized spacial score (nSPS) is 15.4. The molecule has 4 rings (SSSR count). The van der Waals surface area contributed by atoms with Crippen LogP contribution in [0.4, 0.5) is 0 Å². The van der Waals surface area contributed by atoms with Gasteiger partial charge in [-0.2, -0.15) is 0 Å². The smallest absolute Gasteiger partial charge is 0.338 e. The quantitative estimate of drug-likeness (QED) is 0.335. The molecule has 0 saturated carbocycles. The average Bonchev–Trinajstić information content (AvgIpc) is 3.12. The minimum atomic E-state index is -0.709. The van der Waals surface area contributed by atoms with Crippen LogP contribution in [0.15, 0.2) is 64.8 Å². The van der Waals surface area contributed by atoms with Crippen LogP contribution in [-0.4, -0.2) is 31.4 Å². The van der Waals surface area contributed by atoms with E-state index in [4.69, 9.17) is 14.2 Å². The molecule has 3 aromatic rings. The Morgan fingerprint density at radius 2 is 1.81 bits per heavy atom. The van der Waals surface area contributed by atoms with E-state index in [2.05, 4.69) is 52.8 Å². The number of ether oxygens (including phenoxy) is 3. The lowest BCUT2D eigenvalue weighted by Gasteiger charge is -2.25. The Bertz CT molecular complexity index is 1550. The molecule has 0 aliphatic carbocycles. The largest absolute Gasteiger partial charge is 0.496 e. The number of nitrogens with zero attached hydrogens (tertiary/aromatic N) is 2. The van der Waals surface area contributed by atoms with Crippen LogP contribution < -0.4 is 24.4 Å². The second-order valence-corrected chi connectivity index (χ2v) is 11.3. The molecule has 188 valence electrons. The molecule has 0 saturated heterocycles. The Kier molecular flexibility index (Phi) is 8.23. The van der Waals surface area contributed by atoms with E-state index < -0.39 is 12.0 Å². The number of hydrogen-bond donors (Lipinski definition) is 0. The molecule has 11 heteroatoms. The average molecular weight is 701 g/mol. The van der Waals surface area contributed by atoms with Gasteiger partial charge in [0.15, 0.2) is 4.80 Å². The zero-order valence-electron chi connectivity index (χ0n) is 19.7. The second-order valence-electron chi connectivity index (χ2n) is 7.71. The van der Waals surface area contributed by atoms with Crippen molar-refractivity contribution in [2.24, 2.45) is 4.99 Å². The van der Waals surface area contributed by atoms with Gasteiger partial charge in [-0.05, 0) is 103 Å². The fourth-order valence-electron chi connectivity index (χ4n) is 3.97. The molecule has 1 atom stereocenters. The Hall–Kier alpha value is -2.21. The number of aromatic nitrogens is 1. The summed E-state index contributed by atoms with van der Waals surface area (Å²) < 4.78 is 20.3. The molecular formula is C25H21Br3N2O5S. The van der Waals surface area contributed by atoms with Crippen LogP contribution in [0.3, 0.4) is 0 Å². The van der Waals surface area contributed by atoms with Gasteiger partial charge in [0.1, 0.15) is 11.5 Å². The van der Waals surface area contributed by atoms with Crippen molar-refractivity contribution in [2.45, 2.75) is 19.9 Å². The molecule has 0 fully saturated rings. The second kappa shape index (κ2) is 11.0. The molecule has 1 aromatic heterocycles.